The van der Waals surface area contributed by atoms with Gasteiger partial charge >= 0.3 is 0 Å². The van der Waals surface area contributed by atoms with Crippen molar-refractivity contribution in [3.63, 3.8) is 0 Å². The molecule has 0 aliphatic rings. The van der Waals surface area contributed by atoms with E-state index in [9.17, 15) is 8.78 Å². The highest BCUT2D eigenvalue weighted by molar-refractivity contribution is 5.60. The van der Waals surface area contributed by atoms with Gasteiger partial charge in [-0.3, -0.25) is 0 Å². The van der Waals surface area contributed by atoms with Crippen LogP contribution in [0.1, 0.15) is 13.3 Å². The molecule has 0 amide bonds. The number of alkyl halides is 2. The van der Waals surface area contributed by atoms with Crippen molar-refractivity contribution < 1.29 is 13.5 Å². The molecule has 0 spiro atoms. The highest BCUT2D eigenvalue weighted by Crippen LogP contribution is 2.25. The number of anilines is 2. The monoisotopic (exact) mass is 244 g/mol. The van der Waals surface area contributed by atoms with Crippen LogP contribution >= 0.6 is 0 Å². The van der Waals surface area contributed by atoms with Crippen LogP contribution in [0.15, 0.2) is 18.2 Å². The Morgan fingerprint density at radius 2 is 2.06 bits per heavy atom. The van der Waals surface area contributed by atoms with Gasteiger partial charge in [-0.2, -0.15) is 0 Å². The molecule has 0 unspecified atom stereocenters. The highest BCUT2D eigenvalue weighted by atomic mass is 19.3. The van der Waals surface area contributed by atoms with E-state index in [2.05, 4.69) is 0 Å². The van der Waals surface area contributed by atoms with Crippen molar-refractivity contribution in [2.45, 2.75) is 19.8 Å². The third-order valence-corrected chi connectivity index (χ3v) is 2.24. The lowest BCUT2D eigenvalue weighted by Crippen LogP contribution is -2.24. The molecule has 17 heavy (non-hydrogen) atoms. The summed E-state index contributed by atoms with van der Waals surface area (Å²) in [6.07, 6.45) is -1.49. The molecule has 0 fully saturated rings. The van der Waals surface area contributed by atoms with E-state index >= 15 is 0 Å². The van der Waals surface area contributed by atoms with Crippen molar-refractivity contribution in [2.75, 3.05) is 30.8 Å². The van der Waals surface area contributed by atoms with E-state index in [4.69, 9.17) is 10.5 Å². The van der Waals surface area contributed by atoms with Crippen LogP contribution in [0.3, 0.4) is 0 Å². The van der Waals surface area contributed by atoms with Crippen molar-refractivity contribution in [1.82, 2.24) is 0 Å². The summed E-state index contributed by atoms with van der Waals surface area (Å²) in [5, 5.41) is 0. The second-order valence-electron chi connectivity index (χ2n) is 3.88. The number of hydrogen-bond acceptors (Lipinski definition) is 3. The maximum absolute atomic E-state index is 12.3. The number of nitrogens with zero attached hydrogens (tertiary/aromatic N) is 1. The van der Waals surface area contributed by atoms with Crippen LogP contribution in [-0.2, 0) is 0 Å². The number of benzene rings is 1. The van der Waals surface area contributed by atoms with Gasteiger partial charge in [0.2, 0.25) is 0 Å². The van der Waals surface area contributed by atoms with Crippen molar-refractivity contribution in [2.24, 2.45) is 0 Å². The van der Waals surface area contributed by atoms with Crippen LogP contribution in [0.25, 0.3) is 0 Å². The fraction of sp³-hybridized carbons (Fsp3) is 0.500. The normalized spacial score (nSPS) is 10.6. The predicted octanol–water partition coefficient (Wildman–Crippen LogP) is 2.76. The minimum Gasteiger partial charge on any atom is -0.493 e. The minimum absolute atomic E-state index is 0.323. The largest absolute Gasteiger partial charge is 0.493 e. The Balaban J connectivity index is 2.80. The molecule has 1 aromatic rings. The maximum Gasteiger partial charge on any atom is 0.255 e. The van der Waals surface area contributed by atoms with Crippen LogP contribution in [0.5, 0.6) is 5.75 Å². The lowest BCUT2D eigenvalue weighted by molar-refractivity contribution is 0.156. The average Bonchev–Trinajstić information content (AvgIpc) is 2.24. The molecule has 3 nitrogen and oxygen atoms in total. The van der Waals surface area contributed by atoms with E-state index in [1.54, 1.807) is 25.2 Å². The van der Waals surface area contributed by atoms with Crippen LogP contribution in [-0.4, -0.2) is 26.6 Å². The van der Waals surface area contributed by atoms with E-state index in [0.29, 0.717) is 23.7 Å². The fourth-order valence-corrected chi connectivity index (χ4v) is 1.44. The molecule has 0 aromatic heterocycles. The SMILES string of the molecule is CCCOc1cc(N)cc(N(C)CC(F)F)c1. The Kier molecular flexibility index (Phi) is 5.00. The van der Waals surface area contributed by atoms with Gasteiger partial charge in [-0.1, -0.05) is 6.92 Å². The summed E-state index contributed by atoms with van der Waals surface area (Å²) in [7, 11) is 1.60. The van der Waals surface area contributed by atoms with E-state index in [-0.39, 0.29) is 6.54 Å². The van der Waals surface area contributed by atoms with Crippen LogP contribution in [0, 0.1) is 0 Å². The van der Waals surface area contributed by atoms with Crippen molar-refractivity contribution >= 4 is 11.4 Å². The Labute approximate surface area is 100 Å². The predicted molar refractivity (Wildman–Crippen MR) is 65.9 cm³/mol. The van der Waals surface area contributed by atoms with E-state index in [1.807, 2.05) is 6.92 Å². The number of ether oxygens (including phenoxy) is 1. The Hall–Kier alpha value is -1.52. The van der Waals surface area contributed by atoms with E-state index in [0.717, 1.165) is 6.42 Å². The molecule has 0 aliphatic carbocycles. The Bertz CT molecular complexity index is 358. The summed E-state index contributed by atoms with van der Waals surface area (Å²) in [5.74, 6) is 0.614. The van der Waals surface area contributed by atoms with Gasteiger partial charge in [0, 0.05) is 30.6 Å². The summed E-state index contributed by atoms with van der Waals surface area (Å²) in [5.41, 5.74) is 6.85. The van der Waals surface area contributed by atoms with Crippen molar-refractivity contribution in [1.29, 1.82) is 0 Å². The zero-order valence-electron chi connectivity index (χ0n) is 10.1. The first-order valence-electron chi connectivity index (χ1n) is 5.55. The molecule has 5 heteroatoms. The third-order valence-electron chi connectivity index (χ3n) is 2.24. The lowest BCUT2D eigenvalue weighted by Gasteiger charge is -2.20. The summed E-state index contributed by atoms with van der Waals surface area (Å²) in [6.45, 7) is 2.26. The Morgan fingerprint density at radius 1 is 1.35 bits per heavy atom. The number of nitrogen functional groups attached to an aromatic ring is 1. The van der Waals surface area contributed by atoms with Gasteiger partial charge in [0.25, 0.3) is 6.43 Å². The fourth-order valence-electron chi connectivity index (χ4n) is 1.44. The number of rotatable bonds is 6. The van der Waals surface area contributed by atoms with E-state index < -0.39 is 6.43 Å². The smallest absolute Gasteiger partial charge is 0.255 e. The number of halogens is 2. The molecule has 1 aromatic carbocycles. The number of hydrogen-bond donors (Lipinski definition) is 1. The average molecular weight is 244 g/mol. The molecule has 0 radical (unpaired) electrons. The van der Waals surface area contributed by atoms with Gasteiger partial charge in [-0.25, -0.2) is 8.78 Å². The molecular weight excluding hydrogens is 226 g/mol. The standard InChI is InChI=1S/C12H18F2N2O/c1-3-4-17-11-6-9(15)5-10(7-11)16(2)8-12(13)14/h5-7,12H,3-4,8,15H2,1-2H3. The molecule has 2 N–H and O–H groups in total. The molecule has 1 rings (SSSR count). The second kappa shape index (κ2) is 6.27. The molecule has 0 saturated heterocycles. The van der Waals surface area contributed by atoms with Crippen molar-refractivity contribution in [3.05, 3.63) is 18.2 Å². The minimum atomic E-state index is -2.37. The summed E-state index contributed by atoms with van der Waals surface area (Å²) >= 11 is 0. The lowest BCUT2D eigenvalue weighted by atomic mass is 10.2. The zero-order valence-corrected chi connectivity index (χ0v) is 10.1. The molecular formula is C12H18F2N2O. The van der Waals surface area contributed by atoms with Gasteiger partial charge in [0.05, 0.1) is 13.2 Å². The first-order valence-corrected chi connectivity index (χ1v) is 5.55. The zero-order chi connectivity index (χ0) is 12.8. The molecule has 0 aliphatic heterocycles. The second-order valence-corrected chi connectivity index (χ2v) is 3.88. The quantitative estimate of drug-likeness (QED) is 0.782. The first kappa shape index (κ1) is 13.5. The summed E-state index contributed by atoms with van der Waals surface area (Å²) in [4.78, 5) is 1.46. The summed E-state index contributed by atoms with van der Waals surface area (Å²) in [6, 6.07) is 5.06. The third kappa shape index (κ3) is 4.46. The van der Waals surface area contributed by atoms with E-state index in [1.165, 1.54) is 4.90 Å². The van der Waals surface area contributed by atoms with Crippen LogP contribution < -0.4 is 15.4 Å². The van der Waals surface area contributed by atoms with Crippen LogP contribution in [0.4, 0.5) is 20.2 Å². The molecule has 0 atom stereocenters. The molecule has 0 bridgehead atoms. The first-order chi connectivity index (χ1) is 8.02. The van der Waals surface area contributed by atoms with Gasteiger partial charge in [-0.05, 0) is 12.5 Å². The molecule has 96 valence electrons. The van der Waals surface area contributed by atoms with Crippen molar-refractivity contribution in [3.8, 4) is 5.75 Å². The van der Waals surface area contributed by atoms with Crippen LogP contribution in [0.2, 0.25) is 0 Å². The molecule has 0 saturated carbocycles. The number of nitrogens with two attached hydrogens (primary N) is 1. The topological polar surface area (TPSA) is 38.5 Å². The maximum atomic E-state index is 12.3. The van der Waals surface area contributed by atoms with Gasteiger partial charge in [0.15, 0.2) is 0 Å². The molecule has 0 heterocycles. The Morgan fingerprint density at radius 3 is 2.65 bits per heavy atom. The van der Waals surface area contributed by atoms with Gasteiger partial charge < -0.3 is 15.4 Å². The summed E-state index contributed by atoms with van der Waals surface area (Å²) < 4.78 is 30.0. The van der Waals surface area contributed by atoms with Gasteiger partial charge in [0.1, 0.15) is 5.75 Å². The van der Waals surface area contributed by atoms with Gasteiger partial charge in [-0.15, -0.1) is 0 Å². The highest BCUT2D eigenvalue weighted by Gasteiger charge is 2.10.